The summed E-state index contributed by atoms with van der Waals surface area (Å²) in [6, 6.07) is 0. The highest BCUT2D eigenvalue weighted by atomic mass is 35.5. The molecule has 2 rings (SSSR count). The molecular formula is C12H19ClF2. The molecular weight excluding hydrogens is 218 g/mol. The lowest BCUT2D eigenvalue weighted by Crippen LogP contribution is -2.18. The van der Waals surface area contributed by atoms with Crippen molar-refractivity contribution in [3.8, 4) is 0 Å². The lowest BCUT2D eigenvalue weighted by Gasteiger charge is -2.27. The normalized spacial score (nSPS) is 44.8. The monoisotopic (exact) mass is 236 g/mol. The van der Waals surface area contributed by atoms with Crippen molar-refractivity contribution in [3.63, 3.8) is 0 Å². The molecule has 0 aliphatic heterocycles. The van der Waals surface area contributed by atoms with E-state index in [2.05, 4.69) is 6.92 Å². The van der Waals surface area contributed by atoms with E-state index in [0.29, 0.717) is 6.42 Å². The molecule has 0 aromatic heterocycles. The average Bonchev–Trinajstić information content (AvgIpc) is 2.56. The van der Waals surface area contributed by atoms with Gasteiger partial charge in [-0.3, -0.25) is 0 Å². The molecule has 0 radical (unpaired) electrons. The molecule has 0 bridgehead atoms. The van der Waals surface area contributed by atoms with Crippen molar-refractivity contribution in [2.24, 2.45) is 11.3 Å². The van der Waals surface area contributed by atoms with Crippen LogP contribution in [0.5, 0.6) is 0 Å². The number of hydrogen-bond donors (Lipinski definition) is 0. The van der Waals surface area contributed by atoms with Gasteiger partial charge in [-0.2, -0.15) is 0 Å². The maximum atomic E-state index is 13.0. The smallest absolute Gasteiger partial charge is 0.207 e. The first kappa shape index (κ1) is 11.6. The fourth-order valence-electron chi connectivity index (χ4n) is 3.34. The van der Waals surface area contributed by atoms with Crippen LogP contribution >= 0.6 is 11.6 Å². The molecule has 0 spiro atoms. The minimum absolute atomic E-state index is 0.0953. The summed E-state index contributed by atoms with van der Waals surface area (Å²) in [4.78, 5) is 0. The average molecular weight is 237 g/mol. The molecule has 0 nitrogen and oxygen atoms in total. The van der Waals surface area contributed by atoms with Gasteiger partial charge in [-0.15, -0.1) is 11.6 Å². The Morgan fingerprint density at radius 2 is 1.93 bits per heavy atom. The van der Waals surface area contributed by atoms with E-state index in [0.717, 1.165) is 25.7 Å². The van der Waals surface area contributed by atoms with Crippen molar-refractivity contribution in [1.29, 1.82) is 0 Å². The van der Waals surface area contributed by atoms with E-state index in [4.69, 9.17) is 11.6 Å². The highest BCUT2D eigenvalue weighted by Gasteiger charge is 2.43. The standard InChI is InChI=1S/C12H19ClF2/c1-11(4-3-10(13)8-11)6-9-2-5-12(14,15)7-9/h9-10H,2-8H2,1H3. The lowest BCUT2D eigenvalue weighted by molar-refractivity contribution is 0.00300. The van der Waals surface area contributed by atoms with Gasteiger partial charge in [0, 0.05) is 18.2 Å². The van der Waals surface area contributed by atoms with Gasteiger partial charge < -0.3 is 0 Å². The van der Waals surface area contributed by atoms with Crippen LogP contribution in [0.4, 0.5) is 8.78 Å². The molecule has 3 unspecified atom stereocenters. The molecule has 2 fully saturated rings. The molecule has 0 N–H and O–H groups in total. The van der Waals surface area contributed by atoms with Gasteiger partial charge in [0.15, 0.2) is 0 Å². The van der Waals surface area contributed by atoms with Gasteiger partial charge in [-0.05, 0) is 43.4 Å². The quantitative estimate of drug-likeness (QED) is 0.615. The van der Waals surface area contributed by atoms with Crippen LogP contribution in [-0.2, 0) is 0 Å². The summed E-state index contributed by atoms with van der Waals surface area (Å²) >= 11 is 6.09. The third-order valence-electron chi connectivity index (χ3n) is 4.06. The van der Waals surface area contributed by atoms with Gasteiger partial charge in [0.25, 0.3) is 0 Å². The van der Waals surface area contributed by atoms with E-state index >= 15 is 0 Å². The Labute approximate surface area is 95.4 Å². The lowest BCUT2D eigenvalue weighted by atomic mass is 9.79. The maximum Gasteiger partial charge on any atom is 0.248 e. The minimum atomic E-state index is -2.39. The zero-order valence-electron chi connectivity index (χ0n) is 9.24. The molecule has 3 heteroatoms. The minimum Gasteiger partial charge on any atom is -0.207 e. The van der Waals surface area contributed by atoms with Gasteiger partial charge in [-0.1, -0.05) is 6.92 Å². The van der Waals surface area contributed by atoms with Crippen LogP contribution in [0, 0.1) is 11.3 Å². The topological polar surface area (TPSA) is 0 Å². The number of rotatable bonds is 2. The summed E-state index contributed by atoms with van der Waals surface area (Å²) in [5.41, 5.74) is 0.234. The molecule has 0 saturated heterocycles. The molecule has 88 valence electrons. The Kier molecular flexibility index (Phi) is 3.00. The third kappa shape index (κ3) is 2.83. The second-order valence-corrected chi connectivity index (χ2v) is 6.44. The molecule has 15 heavy (non-hydrogen) atoms. The van der Waals surface area contributed by atoms with Gasteiger partial charge in [0.1, 0.15) is 0 Å². The molecule has 0 aromatic rings. The van der Waals surface area contributed by atoms with Crippen LogP contribution in [0.1, 0.15) is 51.9 Å². The predicted octanol–water partition coefficient (Wildman–Crippen LogP) is 4.61. The van der Waals surface area contributed by atoms with E-state index in [9.17, 15) is 8.78 Å². The van der Waals surface area contributed by atoms with Crippen molar-refractivity contribution in [3.05, 3.63) is 0 Å². The largest absolute Gasteiger partial charge is 0.248 e. The van der Waals surface area contributed by atoms with Crippen molar-refractivity contribution in [2.45, 2.75) is 63.2 Å². The van der Waals surface area contributed by atoms with Crippen LogP contribution < -0.4 is 0 Å². The molecule has 2 aliphatic rings. The van der Waals surface area contributed by atoms with Crippen molar-refractivity contribution < 1.29 is 8.78 Å². The SMILES string of the molecule is CC1(CC2CCC(F)(F)C2)CCC(Cl)C1. The fourth-order valence-corrected chi connectivity index (χ4v) is 3.82. The van der Waals surface area contributed by atoms with Crippen molar-refractivity contribution >= 4 is 11.6 Å². The van der Waals surface area contributed by atoms with Crippen LogP contribution in [0.25, 0.3) is 0 Å². The summed E-state index contributed by atoms with van der Waals surface area (Å²) in [5.74, 6) is -2.16. The molecule has 0 aromatic carbocycles. The van der Waals surface area contributed by atoms with E-state index in [1.54, 1.807) is 0 Å². The molecule has 0 amide bonds. The van der Waals surface area contributed by atoms with Crippen LogP contribution in [0.2, 0.25) is 0 Å². The van der Waals surface area contributed by atoms with Crippen LogP contribution in [0.15, 0.2) is 0 Å². The zero-order chi connectivity index (χ0) is 11.1. The highest BCUT2D eigenvalue weighted by molar-refractivity contribution is 6.20. The second-order valence-electron chi connectivity index (χ2n) is 5.82. The molecule has 3 atom stereocenters. The second kappa shape index (κ2) is 3.87. The Bertz CT molecular complexity index is 242. The predicted molar refractivity (Wildman–Crippen MR) is 58.5 cm³/mol. The fraction of sp³-hybridized carbons (Fsp3) is 1.00. The van der Waals surface area contributed by atoms with Gasteiger partial charge >= 0.3 is 0 Å². The molecule has 2 aliphatic carbocycles. The van der Waals surface area contributed by atoms with E-state index in [1.807, 2.05) is 0 Å². The summed E-state index contributed by atoms with van der Waals surface area (Å²) in [7, 11) is 0. The summed E-state index contributed by atoms with van der Waals surface area (Å²) in [6.07, 6.45) is 5.04. The van der Waals surface area contributed by atoms with Gasteiger partial charge in [0.2, 0.25) is 5.92 Å². The van der Waals surface area contributed by atoms with Crippen molar-refractivity contribution in [1.82, 2.24) is 0 Å². The molecule has 2 saturated carbocycles. The Morgan fingerprint density at radius 1 is 1.20 bits per heavy atom. The summed E-state index contributed by atoms with van der Waals surface area (Å²) < 4.78 is 26.1. The maximum absolute atomic E-state index is 13.0. The number of hydrogen-bond acceptors (Lipinski definition) is 0. The first-order valence-corrected chi connectivity index (χ1v) is 6.34. The summed E-state index contributed by atoms with van der Waals surface area (Å²) in [6.45, 7) is 2.21. The van der Waals surface area contributed by atoms with Crippen LogP contribution in [0.3, 0.4) is 0 Å². The van der Waals surface area contributed by atoms with E-state index < -0.39 is 5.92 Å². The summed E-state index contributed by atoms with van der Waals surface area (Å²) in [5, 5.41) is 0.275. The van der Waals surface area contributed by atoms with E-state index in [1.165, 1.54) is 0 Å². The van der Waals surface area contributed by atoms with Crippen LogP contribution in [-0.4, -0.2) is 11.3 Å². The Morgan fingerprint density at radius 3 is 2.40 bits per heavy atom. The highest BCUT2D eigenvalue weighted by Crippen LogP contribution is 2.50. The third-order valence-corrected chi connectivity index (χ3v) is 4.44. The first-order valence-electron chi connectivity index (χ1n) is 5.91. The number of alkyl halides is 3. The Balaban J connectivity index is 1.87. The van der Waals surface area contributed by atoms with Crippen molar-refractivity contribution in [2.75, 3.05) is 0 Å². The zero-order valence-corrected chi connectivity index (χ0v) is 9.99. The van der Waals surface area contributed by atoms with Gasteiger partial charge in [0.05, 0.1) is 0 Å². The Hall–Kier alpha value is 0.150. The number of halogens is 3. The van der Waals surface area contributed by atoms with E-state index in [-0.39, 0.29) is 29.6 Å². The first-order chi connectivity index (χ1) is 6.89. The molecule has 0 heterocycles. The van der Waals surface area contributed by atoms with Gasteiger partial charge in [-0.25, -0.2) is 8.78 Å².